The first-order valence-electron chi connectivity index (χ1n) is 7.96. The molecule has 1 fully saturated rings. The maximum atomic E-state index is 4.67. The second-order valence-electron chi connectivity index (χ2n) is 5.69. The first-order chi connectivity index (χ1) is 10.2. The molecule has 0 amide bonds. The van der Waals surface area contributed by atoms with Gasteiger partial charge in [0.15, 0.2) is 0 Å². The number of hydrogen-bond donors (Lipinski definition) is 1. The molecule has 1 aliphatic heterocycles. The van der Waals surface area contributed by atoms with Crippen molar-refractivity contribution in [3.05, 3.63) is 22.3 Å². The van der Waals surface area contributed by atoms with Crippen LogP contribution in [0, 0.1) is 0 Å². The van der Waals surface area contributed by atoms with Crippen molar-refractivity contribution < 1.29 is 0 Å². The third kappa shape index (κ3) is 4.41. The number of nitrogens with zero attached hydrogens (tertiary/aromatic N) is 3. The molecular weight excluding hydrogens is 328 g/mol. The van der Waals surface area contributed by atoms with Crippen LogP contribution in [0.5, 0.6) is 0 Å². The van der Waals surface area contributed by atoms with E-state index in [2.05, 4.69) is 63.0 Å². The highest BCUT2D eigenvalue weighted by Crippen LogP contribution is 2.25. The molecule has 1 saturated heterocycles. The summed E-state index contributed by atoms with van der Waals surface area (Å²) in [6.45, 7) is 9.79. The molecule has 1 aromatic heterocycles. The fourth-order valence-electron chi connectivity index (χ4n) is 2.98. The Hall–Kier alpha value is -0.650. The second-order valence-corrected chi connectivity index (χ2v) is 6.61. The van der Waals surface area contributed by atoms with Crippen LogP contribution in [0.15, 0.2) is 16.7 Å². The number of likely N-dealkylation sites (tertiary alicyclic amines) is 1. The first-order valence-corrected chi connectivity index (χ1v) is 8.75. The Morgan fingerprint density at radius 2 is 2.10 bits per heavy atom. The number of anilines is 1. The molecule has 2 heterocycles. The highest BCUT2D eigenvalue weighted by Gasteiger charge is 2.23. The van der Waals surface area contributed by atoms with Gasteiger partial charge in [-0.25, -0.2) is 4.98 Å². The zero-order valence-corrected chi connectivity index (χ0v) is 15.0. The Balaban J connectivity index is 2.09. The van der Waals surface area contributed by atoms with E-state index in [-0.39, 0.29) is 0 Å². The summed E-state index contributed by atoms with van der Waals surface area (Å²) in [5.74, 6) is 1.12. The molecule has 0 aromatic carbocycles. The molecule has 5 heteroatoms. The lowest BCUT2D eigenvalue weighted by Gasteiger charge is -2.37. The molecule has 1 aliphatic rings. The van der Waals surface area contributed by atoms with Gasteiger partial charge in [-0.3, -0.25) is 0 Å². The minimum atomic E-state index is 0.599. The summed E-state index contributed by atoms with van der Waals surface area (Å²) in [4.78, 5) is 9.58. The van der Waals surface area contributed by atoms with Crippen LogP contribution in [0.4, 0.5) is 5.82 Å². The minimum absolute atomic E-state index is 0.599. The van der Waals surface area contributed by atoms with E-state index in [1.54, 1.807) is 0 Å². The summed E-state index contributed by atoms with van der Waals surface area (Å²) in [6.07, 6.45) is 4.36. The van der Waals surface area contributed by atoms with Crippen LogP contribution in [-0.4, -0.2) is 49.2 Å². The Labute approximate surface area is 137 Å². The average molecular weight is 355 g/mol. The van der Waals surface area contributed by atoms with Crippen LogP contribution >= 0.6 is 15.9 Å². The van der Waals surface area contributed by atoms with Crippen molar-refractivity contribution in [3.8, 4) is 0 Å². The van der Waals surface area contributed by atoms with Crippen molar-refractivity contribution >= 4 is 21.7 Å². The van der Waals surface area contributed by atoms with Crippen LogP contribution in [0.1, 0.15) is 32.3 Å². The maximum absolute atomic E-state index is 4.67. The van der Waals surface area contributed by atoms with Gasteiger partial charge in [0.2, 0.25) is 0 Å². The first kappa shape index (κ1) is 16.7. The number of halogens is 1. The van der Waals surface area contributed by atoms with Gasteiger partial charge in [-0.15, -0.1) is 0 Å². The van der Waals surface area contributed by atoms with Crippen LogP contribution < -0.4 is 10.2 Å². The lowest BCUT2D eigenvalue weighted by Crippen LogP contribution is -2.44. The van der Waals surface area contributed by atoms with Crippen LogP contribution in [0.25, 0.3) is 0 Å². The third-order valence-electron chi connectivity index (χ3n) is 4.36. The summed E-state index contributed by atoms with van der Waals surface area (Å²) < 4.78 is 1.05. The van der Waals surface area contributed by atoms with E-state index in [0.29, 0.717) is 6.04 Å². The van der Waals surface area contributed by atoms with Gasteiger partial charge in [0.25, 0.3) is 0 Å². The van der Waals surface area contributed by atoms with Gasteiger partial charge in [0.1, 0.15) is 5.82 Å². The summed E-state index contributed by atoms with van der Waals surface area (Å²) in [6, 6.07) is 2.78. The number of pyridine rings is 1. The highest BCUT2D eigenvalue weighted by atomic mass is 79.9. The molecule has 21 heavy (non-hydrogen) atoms. The predicted octanol–water partition coefficient (Wildman–Crippen LogP) is 2.87. The van der Waals surface area contributed by atoms with E-state index in [1.165, 1.54) is 38.0 Å². The highest BCUT2D eigenvalue weighted by molar-refractivity contribution is 9.10. The number of nitrogens with one attached hydrogen (secondary N) is 1. The summed E-state index contributed by atoms with van der Waals surface area (Å²) >= 11 is 3.54. The van der Waals surface area contributed by atoms with E-state index < -0.39 is 0 Å². The summed E-state index contributed by atoms with van der Waals surface area (Å²) in [5, 5.41) is 3.41. The quantitative estimate of drug-likeness (QED) is 0.850. The molecule has 118 valence electrons. The molecule has 0 aliphatic carbocycles. The van der Waals surface area contributed by atoms with E-state index in [0.717, 1.165) is 23.4 Å². The van der Waals surface area contributed by atoms with E-state index >= 15 is 0 Å². The van der Waals surface area contributed by atoms with Crippen molar-refractivity contribution in [1.29, 1.82) is 0 Å². The molecule has 0 atom stereocenters. The van der Waals surface area contributed by atoms with Crippen molar-refractivity contribution in [2.24, 2.45) is 0 Å². The fourth-order valence-corrected chi connectivity index (χ4v) is 3.36. The van der Waals surface area contributed by atoms with Gasteiger partial charge in [-0.2, -0.15) is 0 Å². The normalized spacial score (nSPS) is 17.1. The largest absolute Gasteiger partial charge is 0.356 e. The Kier molecular flexibility index (Phi) is 6.45. The van der Waals surface area contributed by atoms with Gasteiger partial charge >= 0.3 is 0 Å². The molecule has 0 unspecified atom stereocenters. The van der Waals surface area contributed by atoms with E-state index in [4.69, 9.17) is 0 Å². The second kappa shape index (κ2) is 8.11. The molecule has 0 radical (unpaired) electrons. The number of rotatable bonds is 6. The maximum Gasteiger partial charge on any atom is 0.133 e. The van der Waals surface area contributed by atoms with Crippen molar-refractivity contribution in [2.75, 3.05) is 38.1 Å². The van der Waals surface area contributed by atoms with Crippen molar-refractivity contribution in [3.63, 3.8) is 0 Å². The minimum Gasteiger partial charge on any atom is -0.356 e. The summed E-state index contributed by atoms with van der Waals surface area (Å²) in [5.41, 5.74) is 1.27. The predicted molar refractivity (Wildman–Crippen MR) is 92.9 cm³/mol. The molecule has 1 aromatic rings. The number of piperidine rings is 1. The molecule has 1 N–H and O–H groups in total. The zero-order valence-electron chi connectivity index (χ0n) is 13.4. The SMILES string of the molecule is CCNCc1cc(Br)cnc1N(C)C1CCN(CC)CC1. The van der Waals surface area contributed by atoms with Gasteiger partial charge in [-0.1, -0.05) is 13.8 Å². The Morgan fingerprint density at radius 1 is 1.38 bits per heavy atom. The third-order valence-corrected chi connectivity index (χ3v) is 4.79. The molecule has 0 saturated carbocycles. The van der Waals surface area contributed by atoms with E-state index in [1.807, 2.05) is 6.20 Å². The molecule has 0 spiro atoms. The van der Waals surface area contributed by atoms with Crippen LogP contribution in [0.2, 0.25) is 0 Å². The van der Waals surface area contributed by atoms with Crippen LogP contribution in [-0.2, 0) is 6.54 Å². The van der Waals surface area contributed by atoms with Crippen LogP contribution in [0.3, 0.4) is 0 Å². The number of hydrogen-bond acceptors (Lipinski definition) is 4. The smallest absolute Gasteiger partial charge is 0.133 e. The molecule has 2 rings (SSSR count). The topological polar surface area (TPSA) is 31.4 Å². The Bertz CT molecular complexity index is 444. The van der Waals surface area contributed by atoms with Gasteiger partial charge in [0.05, 0.1) is 0 Å². The van der Waals surface area contributed by atoms with Crippen molar-refractivity contribution in [1.82, 2.24) is 15.2 Å². The Morgan fingerprint density at radius 3 is 2.71 bits per heavy atom. The van der Waals surface area contributed by atoms with Crippen molar-refractivity contribution in [2.45, 2.75) is 39.3 Å². The molecule has 0 bridgehead atoms. The van der Waals surface area contributed by atoms with E-state index in [9.17, 15) is 0 Å². The standard InChI is InChI=1S/C16H27BrN4/c1-4-18-11-13-10-14(17)12-19-16(13)20(3)15-6-8-21(5-2)9-7-15/h10,12,15,18H,4-9,11H2,1-3H3. The van der Waals surface area contributed by atoms with Gasteiger partial charge in [0, 0.05) is 49.0 Å². The average Bonchev–Trinajstić information content (AvgIpc) is 2.52. The lowest BCUT2D eigenvalue weighted by atomic mass is 10.0. The fraction of sp³-hybridized carbons (Fsp3) is 0.688. The monoisotopic (exact) mass is 354 g/mol. The van der Waals surface area contributed by atoms with Gasteiger partial charge < -0.3 is 15.1 Å². The lowest BCUT2D eigenvalue weighted by molar-refractivity contribution is 0.220. The number of aromatic nitrogens is 1. The molecular formula is C16H27BrN4. The molecule has 4 nitrogen and oxygen atoms in total. The van der Waals surface area contributed by atoms with Gasteiger partial charge in [-0.05, 0) is 47.9 Å². The summed E-state index contributed by atoms with van der Waals surface area (Å²) in [7, 11) is 2.19. The zero-order chi connectivity index (χ0) is 15.2.